The summed E-state index contributed by atoms with van der Waals surface area (Å²) in [6, 6.07) is 74.5. The lowest BCUT2D eigenvalue weighted by molar-refractivity contribution is 0.309. The molecule has 3 aromatic heterocycles. The first kappa shape index (κ1) is 40.3. The highest BCUT2D eigenvalue weighted by molar-refractivity contribution is 5.82. The van der Waals surface area contributed by atoms with E-state index in [0.29, 0.717) is 39.4 Å². The lowest BCUT2D eigenvalue weighted by atomic mass is 9.77. The van der Waals surface area contributed by atoms with Crippen molar-refractivity contribution in [2.75, 3.05) is 5.32 Å². The zero-order chi connectivity index (χ0) is 44.1. The number of rotatable bonds is 13. The van der Waals surface area contributed by atoms with Crippen LogP contribution in [0.4, 0.5) is 10.2 Å². The molecule has 0 aliphatic rings. The van der Waals surface area contributed by atoms with E-state index < -0.39 is 17.0 Å². The van der Waals surface area contributed by atoms with Crippen molar-refractivity contribution >= 4 is 17.0 Å². The molecular formula is C56H40FN7O. The number of hydrogen-bond donors (Lipinski definition) is 1. The summed E-state index contributed by atoms with van der Waals surface area (Å²) in [6.45, 7) is 0.0264. The molecule has 3 heterocycles. The van der Waals surface area contributed by atoms with Crippen LogP contribution in [-0.4, -0.2) is 25.0 Å². The van der Waals surface area contributed by atoms with Gasteiger partial charge in [0, 0.05) is 23.4 Å². The lowest BCUT2D eigenvalue weighted by Crippen LogP contribution is -2.39. The Morgan fingerprint density at radius 2 is 1.05 bits per heavy atom. The van der Waals surface area contributed by atoms with E-state index in [1.165, 1.54) is 12.3 Å². The van der Waals surface area contributed by atoms with E-state index >= 15 is 0 Å². The van der Waals surface area contributed by atoms with E-state index in [2.05, 4.69) is 89.2 Å². The first-order chi connectivity index (χ1) is 32.1. The number of fused-ring (bicyclic) bond motifs is 1. The molecule has 1 N–H and O–H groups in total. The Morgan fingerprint density at radius 1 is 0.569 bits per heavy atom. The minimum atomic E-state index is -1.05. The summed E-state index contributed by atoms with van der Waals surface area (Å²) in [6.07, 6.45) is 1.45. The van der Waals surface area contributed by atoms with Crippen LogP contribution in [-0.2, 0) is 17.7 Å². The van der Waals surface area contributed by atoms with Crippen LogP contribution in [0.2, 0.25) is 0 Å². The van der Waals surface area contributed by atoms with Crippen LogP contribution in [0.15, 0.2) is 225 Å². The molecule has 65 heavy (non-hydrogen) atoms. The molecule has 0 aliphatic heterocycles. The van der Waals surface area contributed by atoms with E-state index in [-0.39, 0.29) is 6.61 Å². The van der Waals surface area contributed by atoms with E-state index in [0.717, 1.165) is 38.9 Å². The number of hydrogen-bond acceptors (Lipinski definition) is 7. The van der Waals surface area contributed by atoms with Gasteiger partial charge in [-0.2, -0.15) is 9.65 Å². The van der Waals surface area contributed by atoms with E-state index in [1.54, 1.807) is 12.1 Å². The monoisotopic (exact) mass is 845 g/mol. The fraction of sp³-hybridized carbons (Fsp3) is 0.0536. The number of benzene rings is 7. The van der Waals surface area contributed by atoms with Gasteiger partial charge in [0.05, 0.1) is 11.6 Å². The van der Waals surface area contributed by atoms with Gasteiger partial charge in [-0.3, -0.25) is 0 Å². The summed E-state index contributed by atoms with van der Waals surface area (Å²) >= 11 is 0. The molecule has 0 unspecified atom stereocenters. The maximum absolute atomic E-state index is 13.7. The Bertz CT molecular complexity index is 3040. The first-order valence-corrected chi connectivity index (χ1v) is 21.2. The maximum Gasteiger partial charge on any atom is 0.212 e. The fourth-order valence-corrected chi connectivity index (χ4v) is 8.84. The third kappa shape index (κ3) is 7.43. The van der Waals surface area contributed by atoms with Crippen molar-refractivity contribution in [1.82, 2.24) is 25.0 Å². The van der Waals surface area contributed by atoms with E-state index in [1.807, 2.05) is 132 Å². The molecule has 0 spiro atoms. The molecule has 10 aromatic rings. The van der Waals surface area contributed by atoms with Gasteiger partial charge in [-0.1, -0.05) is 199 Å². The van der Waals surface area contributed by atoms with Crippen LogP contribution < -0.4 is 10.1 Å². The molecule has 0 saturated heterocycles. The molecule has 10 rings (SSSR count). The van der Waals surface area contributed by atoms with Gasteiger partial charge < -0.3 is 10.1 Å². The number of nitriles is 1. The minimum Gasteiger partial charge on any atom is -0.486 e. The molecule has 0 aliphatic carbocycles. The molecule has 0 amide bonds. The predicted molar refractivity (Wildman–Crippen MR) is 251 cm³/mol. The van der Waals surface area contributed by atoms with Gasteiger partial charge in [0.25, 0.3) is 0 Å². The third-order valence-electron chi connectivity index (χ3n) is 11.9. The van der Waals surface area contributed by atoms with Crippen LogP contribution in [0.5, 0.6) is 5.75 Å². The largest absolute Gasteiger partial charge is 0.486 e. The van der Waals surface area contributed by atoms with Crippen LogP contribution >= 0.6 is 0 Å². The summed E-state index contributed by atoms with van der Waals surface area (Å²) < 4.78 is 22.4. The van der Waals surface area contributed by atoms with Gasteiger partial charge in [-0.15, -0.1) is 5.10 Å². The van der Waals surface area contributed by atoms with Crippen LogP contribution in [0.1, 0.15) is 44.5 Å². The smallest absolute Gasteiger partial charge is 0.212 e. The quantitative estimate of drug-likeness (QED) is 0.0911. The van der Waals surface area contributed by atoms with Crippen molar-refractivity contribution in [2.45, 2.75) is 17.7 Å². The van der Waals surface area contributed by atoms with Crippen LogP contribution in [0, 0.1) is 17.3 Å². The fourth-order valence-electron chi connectivity index (χ4n) is 8.84. The van der Waals surface area contributed by atoms with Crippen LogP contribution in [0.3, 0.4) is 0 Å². The summed E-state index contributed by atoms with van der Waals surface area (Å²) in [5, 5.41) is 24.3. The number of ether oxygens (including phenoxy) is 1. The van der Waals surface area contributed by atoms with Gasteiger partial charge in [-0.05, 0) is 57.1 Å². The molecule has 8 nitrogen and oxygen atoms in total. The zero-order valence-corrected chi connectivity index (χ0v) is 35.0. The van der Waals surface area contributed by atoms with Gasteiger partial charge in [0.2, 0.25) is 5.95 Å². The Kier molecular flexibility index (Phi) is 10.9. The minimum absolute atomic E-state index is 0.0264. The highest BCUT2D eigenvalue weighted by Gasteiger charge is 2.42. The second kappa shape index (κ2) is 17.6. The van der Waals surface area contributed by atoms with Crippen molar-refractivity contribution < 1.29 is 9.13 Å². The number of nitrogens with zero attached hydrogens (tertiary/aromatic N) is 6. The molecule has 0 atom stereocenters. The molecule has 0 bridgehead atoms. The summed E-state index contributed by atoms with van der Waals surface area (Å²) in [5.74, 6) is 0.330. The second-order valence-corrected chi connectivity index (χ2v) is 15.6. The zero-order valence-electron chi connectivity index (χ0n) is 35.0. The summed E-state index contributed by atoms with van der Waals surface area (Å²) in [7, 11) is 0. The Morgan fingerprint density at radius 3 is 1.51 bits per heavy atom. The molecule has 0 saturated carbocycles. The second-order valence-electron chi connectivity index (χ2n) is 15.6. The molecule has 7 aromatic carbocycles. The highest BCUT2D eigenvalue weighted by Crippen LogP contribution is 2.45. The molecule has 312 valence electrons. The number of anilines is 1. The van der Waals surface area contributed by atoms with Crippen molar-refractivity contribution in [3.8, 4) is 22.9 Å². The Labute approximate surface area is 375 Å². The van der Waals surface area contributed by atoms with E-state index in [9.17, 15) is 9.65 Å². The predicted octanol–water partition coefficient (Wildman–Crippen LogP) is 11.7. The van der Waals surface area contributed by atoms with Gasteiger partial charge in [-0.25, -0.2) is 14.6 Å². The normalized spacial score (nSPS) is 11.5. The number of pyridine rings is 2. The van der Waals surface area contributed by atoms with E-state index in [4.69, 9.17) is 20.0 Å². The first-order valence-electron chi connectivity index (χ1n) is 21.2. The number of aromatic nitrogens is 5. The standard InChI is InChI=1S/C56H40FN7O/c57-51-34-33-41(38-59-51)40-31-32-42(43(35-40)37-58)39-65-50-36-52(61-55(44-19-7-1-8-20-44,45-21-9-2-10-22-45)46-23-11-3-12-24-46)60-54-53(50)62-63-64(54)56(47-25-13-4-14-26-47,48-27-15-5-16-28-48)49-29-17-6-18-30-49/h1-36,38H,39H2,(H,60,61). The van der Waals surface area contributed by atoms with Crippen molar-refractivity contribution in [3.05, 3.63) is 275 Å². The highest BCUT2D eigenvalue weighted by atomic mass is 19.1. The van der Waals surface area contributed by atoms with Crippen molar-refractivity contribution in [2.24, 2.45) is 0 Å². The van der Waals surface area contributed by atoms with Crippen LogP contribution in [0.25, 0.3) is 22.3 Å². The van der Waals surface area contributed by atoms with Gasteiger partial charge >= 0.3 is 0 Å². The molecule has 9 heteroatoms. The van der Waals surface area contributed by atoms with Crippen molar-refractivity contribution in [3.63, 3.8) is 0 Å². The topological polar surface area (TPSA) is 102 Å². The average Bonchev–Trinajstić information content (AvgIpc) is 3.81. The SMILES string of the molecule is N#Cc1cc(-c2ccc(F)nc2)ccc1COc1cc(NC(c2ccccc2)(c2ccccc2)c2ccccc2)nc2c1nnn2C(c1ccccc1)(c1ccccc1)c1ccccc1. The Hall–Kier alpha value is -8.74. The number of halogens is 1. The lowest BCUT2D eigenvalue weighted by Gasteiger charge is -2.38. The molecular weight excluding hydrogens is 806 g/mol. The average molecular weight is 846 g/mol. The molecule has 0 fully saturated rings. The van der Waals surface area contributed by atoms with Crippen molar-refractivity contribution in [1.29, 1.82) is 5.26 Å². The third-order valence-corrected chi connectivity index (χ3v) is 11.9. The Balaban J connectivity index is 1.21. The summed E-state index contributed by atoms with van der Waals surface area (Å²) in [5.41, 5.74) is 7.24. The summed E-state index contributed by atoms with van der Waals surface area (Å²) in [4.78, 5) is 9.31. The molecule has 0 radical (unpaired) electrons. The number of nitrogens with one attached hydrogen (secondary N) is 1. The maximum atomic E-state index is 13.7. The van der Waals surface area contributed by atoms with Gasteiger partial charge in [0.15, 0.2) is 16.9 Å². The van der Waals surface area contributed by atoms with Gasteiger partial charge in [0.1, 0.15) is 23.5 Å².